The number of nitrogens with two attached hydrogens (primary N) is 1. The summed E-state index contributed by atoms with van der Waals surface area (Å²) in [6, 6.07) is 2.79. The van der Waals surface area contributed by atoms with Crippen LogP contribution in [0.5, 0.6) is 11.5 Å². The molecular formula is C13H19NO5. The van der Waals surface area contributed by atoms with Gasteiger partial charge in [0.05, 0.1) is 25.0 Å². The number of hydrogen-bond acceptors (Lipinski definition) is 5. The first kappa shape index (κ1) is 15.1. The summed E-state index contributed by atoms with van der Waals surface area (Å²) in [6.45, 7) is 3.44. The van der Waals surface area contributed by atoms with Crippen molar-refractivity contribution in [3.8, 4) is 11.5 Å². The van der Waals surface area contributed by atoms with Crippen LogP contribution >= 0.6 is 0 Å². The number of nitrogen functional groups attached to an aromatic ring is 1. The van der Waals surface area contributed by atoms with E-state index in [0.29, 0.717) is 31.3 Å². The second-order valence-corrected chi connectivity index (χ2v) is 3.86. The number of methoxy groups -OCH3 is 1. The molecule has 0 bridgehead atoms. The predicted molar refractivity (Wildman–Crippen MR) is 71.0 cm³/mol. The van der Waals surface area contributed by atoms with Crippen LogP contribution in [-0.2, 0) is 4.74 Å². The van der Waals surface area contributed by atoms with Crippen LogP contribution in [0, 0.1) is 0 Å². The fourth-order valence-electron chi connectivity index (χ4n) is 1.49. The molecule has 3 N–H and O–H groups in total. The van der Waals surface area contributed by atoms with Gasteiger partial charge in [0.15, 0.2) is 11.5 Å². The lowest BCUT2D eigenvalue weighted by Crippen LogP contribution is -2.09. The van der Waals surface area contributed by atoms with E-state index in [9.17, 15) is 4.79 Å². The molecule has 0 atom stereocenters. The number of carboxylic acid groups (broad SMARTS) is 1. The number of aromatic carboxylic acids is 1. The van der Waals surface area contributed by atoms with Gasteiger partial charge >= 0.3 is 5.97 Å². The third kappa shape index (κ3) is 4.33. The lowest BCUT2D eigenvalue weighted by molar-refractivity contribution is 0.0697. The van der Waals surface area contributed by atoms with Crippen molar-refractivity contribution < 1.29 is 24.1 Å². The largest absolute Gasteiger partial charge is 0.493 e. The Bertz CT molecular complexity index is 433. The number of benzene rings is 1. The molecule has 106 valence electrons. The average molecular weight is 269 g/mol. The first-order valence-corrected chi connectivity index (χ1v) is 6.01. The maximum atomic E-state index is 11.0. The van der Waals surface area contributed by atoms with E-state index in [0.717, 1.165) is 6.42 Å². The molecule has 0 heterocycles. The van der Waals surface area contributed by atoms with E-state index in [1.54, 1.807) is 0 Å². The normalized spacial score (nSPS) is 10.2. The number of anilines is 1. The second-order valence-electron chi connectivity index (χ2n) is 3.86. The summed E-state index contributed by atoms with van der Waals surface area (Å²) >= 11 is 0. The predicted octanol–water partition coefficient (Wildman–Crippen LogP) is 1.78. The Hall–Kier alpha value is -1.95. The third-order valence-electron chi connectivity index (χ3n) is 2.40. The summed E-state index contributed by atoms with van der Waals surface area (Å²) in [5.74, 6) is -0.362. The molecule has 0 fully saturated rings. The van der Waals surface area contributed by atoms with Gasteiger partial charge in [-0.1, -0.05) is 6.92 Å². The summed E-state index contributed by atoms with van der Waals surface area (Å²) in [7, 11) is 1.47. The molecule has 0 aliphatic rings. The molecule has 1 aromatic rings. The number of rotatable bonds is 8. The van der Waals surface area contributed by atoms with Gasteiger partial charge in [0.2, 0.25) is 0 Å². The molecule has 0 aliphatic heterocycles. The van der Waals surface area contributed by atoms with Crippen molar-refractivity contribution in [2.24, 2.45) is 0 Å². The van der Waals surface area contributed by atoms with Crippen LogP contribution in [0.4, 0.5) is 5.69 Å². The highest BCUT2D eigenvalue weighted by Gasteiger charge is 2.14. The standard InChI is InChI=1S/C13H19NO5/c1-3-4-18-5-6-19-12-7-9(13(15)16)10(14)8-11(12)17-2/h7-8H,3-6,14H2,1-2H3,(H,15,16). The van der Waals surface area contributed by atoms with E-state index in [4.69, 9.17) is 25.1 Å². The summed E-state index contributed by atoms with van der Waals surface area (Å²) in [6.07, 6.45) is 0.939. The Morgan fingerprint density at radius 2 is 2.00 bits per heavy atom. The quantitative estimate of drug-likeness (QED) is 0.552. The number of carbonyl (C=O) groups is 1. The summed E-state index contributed by atoms with van der Waals surface area (Å²) in [4.78, 5) is 11.0. The molecule has 19 heavy (non-hydrogen) atoms. The first-order chi connectivity index (χ1) is 9.10. The first-order valence-electron chi connectivity index (χ1n) is 6.01. The highest BCUT2D eigenvalue weighted by Crippen LogP contribution is 2.32. The van der Waals surface area contributed by atoms with Gasteiger partial charge in [-0.25, -0.2) is 4.79 Å². The van der Waals surface area contributed by atoms with Crippen molar-refractivity contribution in [2.75, 3.05) is 32.7 Å². The van der Waals surface area contributed by atoms with Gasteiger partial charge in [-0.2, -0.15) is 0 Å². The minimum absolute atomic E-state index is 0.00900. The molecule has 0 aromatic heterocycles. The minimum atomic E-state index is -1.10. The monoisotopic (exact) mass is 269 g/mol. The topological polar surface area (TPSA) is 91.0 Å². The van der Waals surface area contributed by atoms with Crippen LogP contribution in [0.2, 0.25) is 0 Å². The molecule has 0 amide bonds. The molecule has 6 nitrogen and oxygen atoms in total. The van der Waals surface area contributed by atoms with Crippen LogP contribution in [0.3, 0.4) is 0 Å². The molecule has 6 heteroatoms. The zero-order valence-electron chi connectivity index (χ0n) is 11.1. The molecular weight excluding hydrogens is 250 g/mol. The highest BCUT2D eigenvalue weighted by atomic mass is 16.5. The Kier molecular flexibility index (Phi) is 5.95. The lowest BCUT2D eigenvalue weighted by Gasteiger charge is -2.13. The fraction of sp³-hybridized carbons (Fsp3) is 0.462. The van der Waals surface area contributed by atoms with Crippen LogP contribution in [0.1, 0.15) is 23.7 Å². The summed E-state index contributed by atoms with van der Waals surface area (Å²) in [5, 5.41) is 8.99. The average Bonchev–Trinajstić information content (AvgIpc) is 2.39. The van der Waals surface area contributed by atoms with Crippen molar-refractivity contribution in [1.82, 2.24) is 0 Å². The Morgan fingerprint density at radius 1 is 1.26 bits per heavy atom. The maximum Gasteiger partial charge on any atom is 0.337 e. The molecule has 0 aliphatic carbocycles. The van der Waals surface area contributed by atoms with Gasteiger partial charge in [0, 0.05) is 18.7 Å². The van der Waals surface area contributed by atoms with E-state index in [-0.39, 0.29) is 11.3 Å². The van der Waals surface area contributed by atoms with E-state index in [1.165, 1.54) is 19.2 Å². The van der Waals surface area contributed by atoms with Gasteiger partial charge < -0.3 is 25.1 Å². The lowest BCUT2D eigenvalue weighted by atomic mass is 10.1. The van der Waals surface area contributed by atoms with Crippen molar-refractivity contribution >= 4 is 11.7 Å². The smallest absolute Gasteiger partial charge is 0.337 e. The van der Waals surface area contributed by atoms with E-state index in [2.05, 4.69) is 0 Å². The van der Waals surface area contributed by atoms with Gasteiger partial charge in [-0.15, -0.1) is 0 Å². The molecule has 0 unspecified atom stereocenters. The van der Waals surface area contributed by atoms with Crippen LogP contribution in [0.15, 0.2) is 12.1 Å². The van der Waals surface area contributed by atoms with Crippen molar-refractivity contribution in [3.63, 3.8) is 0 Å². The van der Waals surface area contributed by atoms with E-state index < -0.39 is 5.97 Å². The third-order valence-corrected chi connectivity index (χ3v) is 2.40. The van der Waals surface area contributed by atoms with Gasteiger partial charge in [0.1, 0.15) is 6.61 Å². The molecule has 1 rings (SSSR count). The Labute approximate surface area is 112 Å². The number of hydrogen-bond donors (Lipinski definition) is 2. The Balaban J connectivity index is 2.74. The minimum Gasteiger partial charge on any atom is -0.493 e. The fourth-order valence-corrected chi connectivity index (χ4v) is 1.49. The SMILES string of the molecule is CCCOCCOc1cc(C(=O)O)c(N)cc1OC. The van der Waals surface area contributed by atoms with Crippen molar-refractivity contribution in [3.05, 3.63) is 17.7 Å². The van der Waals surface area contributed by atoms with E-state index in [1.807, 2.05) is 6.92 Å². The van der Waals surface area contributed by atoms with Crippen LogP contribution < -0.4 is 15.2 Å². The molecule has 0 radical (unpaired) electrons. The van der Waals surface area contributed by atoms with Crippen LogP contribution in [-0.4, -0.2) is 38.0 Å². The number of ether oxygens (including phenoxy) is 3. The Morgan fingerprint density at radius 3 is 2.58 bits per heavy atom. The van der Waals surface area contributed by atoms with E-state index >= 15 is 0 Å². The summed E-state index contributed by atoms with van der Waals surface area (Å²) in [5.41, 5.74) is 5.75. The van der Waals surface area contributed by atoms with Crippen LogP contribution in [0.25, 0.3) is 0 Å². The van der Waals surface area contributed by atoms with Crippen molar-refractivity contribution in [2.45, 2.75) is 13.3 Å². The second kappa shape index (κ2) is 7.48. The molecule has 0 saturated heterocycles. The van der Waals surface area contributed by atoms with Gasteiger partial charge in [0.25, 0.3) is 0 Å². The molecule has 0 spiro atoms. The summed E-state index contributed by atoms with van der Waals surface area (Å²) < 4.78 is 15.8. The maximum absolute atomic E-state index is 11.0. The van der Waals surface area contributed by atoms with Gasteiger partial charge in [-0.3, -0.25) is 0 Å². The molecule has 0 saturated carbocycles. The molecule has 1 aromatic carbocycles. The zero-order chi connectivity index (χ0) is 14.3. The zero-order valence-corrected chi connectivity index (χ0v) is 11.1. The number of carboxylic acids is 1. The van der Waals surface area contributed by atoms with Gasteiger partial charge in [-0.05, 0) is 6.42 Å². The van der Waals surface area contributed by atoms with Crippen molar-refractivity contribution in [1.29, 1.82) is 0 Å². The highest BCUT2D eigenvalue weighted by molar-refractivity contribution is 5.94.